The lowest BCUT2D eigenvalue weighted by Gasteiger charge is -2.35. The highest BCUT2D eigenvalue weighted by atomic mass is 16.6. The number of esters is 1. The first-order valence-electron chi connectivity index (χ1n) is 8.38. The van der Waals surface area contributed by atoms with Crippen molar-refractivity contribution in [1.82, 2.24) is 15.1 Å². The Bertz CT molecular complexity index is 374. The van der Waals surface area contributed by atoms with Gasteiger partial charge in [0.2, 0.25) is 0 Å². The van der Waals surface area contributed by atoms with Gasteiger partial charge in [-0.3, -0.25) is 9.69 Å². The van der Waals surface area contributed by atoms with Crippen molar-refractivity contribution < 1.29 is 19.1 Å². The summed E-state index contributed by atoms with van der Waals surface area (Å²) in [5, 5.41) is 3.24. The van der Waals surface area contributed by atoms with Crippen molar-refractivity contribution in [2.45, 2.75) is 39.7 Å². The van der Waals surface area contributed by atoms with Crippen LogP contribution < -0.4 is 5.32 Å². The summed E-state index contributed by atoms with van der Waals surface area (Å²) in [4.78, 5) is 27.2. The predicted molar refractivity (Wildman–Crippen MR) is 88.4 cm³/mol. The Morgan fingerprint density at radius 3 is 2.30 bits per heavy atom. The first-order chi connectivity index (χ1) is 10.8. The number of hydrogen-bond acceptors (Lipinski definition) is 6. The Labute approximate surface area is 139 Å². The van der Waals surface area contributed by atoms with Crippen molar-refractivity contribution in [3.8, 4) is 0 Å². The number of nitrogens with one attached hydrogen (secondary N) is 1. The van der Waals surface area contributed by atoms with Gasteiger partial charge in [-0.25, -0.2) is 4.79 Å². The van der Waals surface area contributed by atoms with Gasteiger partial charge in [0.15, 0.2) is 0 Å². The number of carbonyl (C=O) groups is 2. The van der Waals surface area contributed by atoms with Gasteiger partial charge in [-0.1, -0.05) is 0 Å². The molecule has 0 aromatic carbocycles. The minimum atomic E-state index is -0.447. The van der Waals surface area contributed by atoms with Gasteiger partial charge in [0, 0.05) is 45.8 Å². The molecule has 0 aliphatic carbocycles. The molecule has 0 bridgehead atoms. The molecule has 0 aromatic rings. The molecule has 0 spiro atoms. The predicted octanol–water partition coefficient (Wildman–Crippen LogP) is 1.08. The first-order valence-corrected chi connectivity index (χ1v) is 8.38. The number of ether oxygens (including phenoxy) is 2. The molecule has 1 aliphatic rings. The third-order valence-electron chi connectivity index (χ3n) is 3.44. The normalized spacial score (nSPS) is 16.3. The number of hydrogen-bond donors (Lipinski definition) is 1. The second-order valence-corrected chi connectivity index (χ2v) is 6.61. The molecule has 1 rings (SSSR count). The maximum atomic E-state index is 12.0. The molecule has 7 nitrogen and oxygen atoms in total. The van der Waals surface area contributed by atoms with Gasteiger partial charge < -0.3 is 19.7 Å². The molecule has 1 saturated heterocycles. The topological polar surface area (TPSA) is 71.1 Å². The quantitative estimate of drug-likeness (QED) is 0.557. The van der Waals surface area contributed by atoms with E-state index in [-0.39, 0.29) is 12.1 Å². The highest BCUT2D eigenvalue weighted by Gasteiger charge is 2.25. The molecule has 1 N–H and O–H groups in total. The van der Waals surface area contributed by atoms with Crippen molar-refractivity contribution in [2.24, 2.45) is 0 Å². The zero-order valence-electron chi connectivity index (χ0n) is 14.9. The molecule has 0 unspecified atom stereocenters. The van der Waals surface area contributed by atoms with Gasteiger partial charge in [-0.15, -0.1) is 0 Å². The third kappa shape index (κ3) is 8.76. The maximum absolute atomic E-state index is 12.0. The number of nitrogens with zero attached hydrogens (tertiary/aromatic N) is 2. The monoisotopic (exact) mass is 329 g/mol. The molecule has 7 heteroatoms. The fourth-order valence-corrected chi connectivity index (χ4v) is 2.27. The Hall–Kier alpha value is -1.34. The summed E-state index contributed by atoms with van der Waals surface area (Å²) < 4.78 is 10.2. The molecule has 1 amide bonds. The van der Waals surface area contributed by atoms with E-state index in [9.17, 15) is 9.59 Å². The van der Waals surface area contributed by atoms with E-state index in [4.69, 9.17) is 9.47 Å². The van der Waals surface area contributed by atoms with Crippen LogP contribution in [0.5, 0.6) is 0 Å². The van der Waals surface area contributed by atoms with Crippen molar-refractivity contribution >= 4 is 12.1 Å². The average molecular weight is 329 g/mol. The molecular weight excluding hydrogens is 298 g/mol. The van der Waals surface area contributed by atoms with E-state index < -0.39 is 5.60 Å². The molecule has 0 saturated carbocycles. The van der Waals surface area contributed by atoms with Crippen molar-refractivity contribution in [3.05, 3.63) is 0 Å². The van der Waals surface area contributed by atoms with E-state index in [2.05, 4.69) is 10.2 Å². The van der Waals surface area contributed by atoms with E-state index in [1.807, 2.05) is 27.7 Å². The van der Waals surface area contributed by atoms with E-state index in [0.717, 1.165) is 26.2 Å². The van der Waals surface area contributed by atoms with Gasteiger partial charge in [0.1, 0.15) is 5.60 Å². The van der Waals surface area contributed by atoms with Crippen LogP contribution in [0, 0.1) is 0 Å². The van der Waals surface area contributed by atoms with E-state index >= 15 is 0 Å². The van der Waals surface area contributed by atoms with E-state index in [1.165, 1.54) is 0 Å². The number of amides is 1. The number of carbonyl (C=O) groups excluding carboxylic acids is 2. The second-order valence-electron chi connectivity index (χ2n) is 6.61. The fraction of sp³-hybridized carbons (Fsp3) is 0.875. The van der Waals surface area contributed by atoms with Crippen molar-refractivity contribution in [1.29, 1.82) is 0 Å². The van der Waals surface area contributed by atoms with Crippen LogP contribution in [-0.2, 0) is 14.3 Å². The van der Waals surface area contributed by atoms with E-state index in [0.29, 0.717) is 32.7 Å². The number of rotatable bonds is 7. The lowest BCUT2D eigenvalue weighted by Crippen LogP contribution is -2.51. The minimum Gasteiger partial charge on any atom is -0.466 e. The minimum absolute atomic E-state index is 0.161. The average Bonchev–Trinajstić information content (AvgIpc) is 2.46. The van der Waals surface area contributed by atoms with Crippen molar-refractivity contribution in [3.63, 3.8) is 0 Å². The Morgan fingerprint density at radius 2 is 1.74 bits per heavy atom. The lowest BCUT2D eigenvalue weighted by molar-refractivity contribution is -0.142. The summed E-state index contributed by atoms with van der Waals surface area (Å²) >= 11 is 0. The Morgan fingerprint density at radius 1 is 1.09 bits per heavy atom. The summed E-state index contributed by atoms with van der Waals surface area (Å²) in [6.45, 7) is 13.3. The zero-order valence-corrected chi connectivity index (χ0v) is 14.9. The zero-order chi connectivity index (χ0) is 17.3. The highest BCUT2D eigenvalue weighted by molar-refractivity contribution is 5.69. The van der Waals surface area contributed by atoms with Crippen LogP contribution in [0.1, 0.15) is 34.1 Å². The Kier molecular flexibility index (Phi) is 8.33. The molecule has 1 heterocycles. The molecule has 0 radical (unpaired) electrons. The summed E-state index contributed by atoms with van der Waals surface area (Å²) in [5.74, 6) is -0.161. The van der Waals surface area contributed by atoms with Crippen LogP contribution in [0.4, 0.5) is 4.79 Å². The molecule has 0 atom stereocenters. The molecule has 23 heavy (non-hydrogen) atoms. The highest BCUT2D eigenvalue weighted by Crippen LogP contribution is 2.11. The van der Waals surface area contributed by atoms with Gasteiger partial charge in [-0.05, 0) is 27.7 Å². The SMILES string of the molecule is CCOC(=O)CCNCCN1CCN(C(=O)OC(C)(C)C)CC1. The largest absolute Gasteiger partial charge is 0.466 e. The summed E-state index contributed by atoms with van der Waals surface area (Å²) in [6, 6.07) is 0. The van der Waals surface area contributed by atoms with Gasteiger partial charge >= 0.3 is 12.1 Å². The molecule has 134 valence electrons. The van der Waals surface area contributed by atoms with Crippen LogP contribution in [0.25, 0.3) is 0 Å². The number of piperazine rings is 1. The van der Waals surface area contributed by atoms with Crippen LogP contribution >= 0.6 is 0 Å². The standard InChI is InChI=1S/C16H31N3O4/c1-5-22-14(20)6-7-17-8-9-18-10-12-19(13-11-18)15(21)23-16(2,3)4/h17H,5-13H2,1-4H3. The van der Waals surface area contributed by atoms with Crippen LogP contribution in [-0.4, -0.2) is 79.9 Å². The molecule has 1 fully saturated rings. The van der Waals surface area contributed by atoms with E-state index in [1.54, 1.807) is 4.90 Å². The third-order valence-corrected chi connectivity index (χ3v) is 3.44. The smallest absolute Gasteiger partial charge is 0.410 e. The first kappa shape index (κ1) is 19.7. The van der Waals surface area contributed by atoms with Gasteiger partial charge in [0.25, 0.3) is 0 Å². The summed E-state index contributed by atoms with van der Waals surface area (Å²) in [5.41, 5.74) is -0.447. The molecular formula is C16H31N3O4. The van der Waals surface area contributed by atoms with Gasteiger partial charge in [-0.2, -0.15) is 0 Å². The van der Waals surface area contributed by atoms with Crippen LogP contribution in [0.15, 0.2) is 0 Å². The van der Waals surface area contributed by atoms with Gasteiger partial charge in [0.05, 0.1) is 13.0 Å². The van der Waals surface area contributed by atoms with Crippen LogP contribution in [0.3, 0.4) is 0 Å². The molecule has 1 aliphatic heterocycles. The van der Waals surface area contributed by atoms with Crippen LogP contribution in [0.2, 0.25) is 0 Å². The fourth-order valence-electron chi connectivity index (χ4n) is 2.27. The second kappa shape index (κ2) is 9.72. The van der Waals surface area contributed by atoms with Crippen molar-refractivity contribution in [2.75, 3.05) is 52.4 Å². The molecule has 0 aromatic heterocycles. The Balaban J connectivity index is 2.10. The lowest BCUT2D eigenvalue weighted by atomic mass is 10.2. The summed E-state index contributed by atoms with van der Waals surface area (Å²) in [6.07, 6.45) is 0.171. The maximum Gasteiger partial charge on any atom is 0.410 e. The summed E-state index contributed by atoms with van der Waals surface area (Å²) in [7, 11) is 0.